The number of benzene rings is 1. The largest absolute Gasteiger partial charge is 0.497 e. The van der Waals surface area contributed by atoms with E-state index in [1.807, 2.05) is 39.1 Å². The van der Waals surface area contributed by atoms with Crippen molar-refractivity contribution < 1.29 is 19.1 Å². The number of aryl methyl sites for hydroxylation is 1. The number of amides is 1. The summed E-state index contributed by atoms with van der Waals surface area (Å²) in [4.78, 5) is 30.7. The number of piperidine rings is 1. The lowest BCUT2D eigenvalue weighted by molar-refractivity contribution is -0.112. The van der Waals surface area contributed by atoms with Crippen LogP contribution in [0.3, 0.4) is 0 Å². The monoisotopic (exact) mass is 441 g/mol. The van der Waals surface area contributed by atoms with Gasteiger partial charge in [-0.25, -0.2) is 4.79 Å². The first-order chi connectivity index (χ1) is 15.2. The Balaban J connectivity index is 0.000000183. The maximum Gasteiger partial charge on any atom is 0.410 e. The summed E-state index contributed by atoms with van der Waals surface area (Å²) in [6.07, 6.45) is 6.56. The standard InChI is InChI=1S/C14H16N2O.C11H19NO3/c1-16-7-3-4-10-9-15-13-6-5-11(17-2)8-12(13)14(10)16;1-11(2,3)15-10(14)12-6-4-9(8-13)5-7-12/h5-6,8-9H,3-4,7H2,1-2H3;8-9H,4-7H2,1-3H3. The summed E-state index contributed by atoms with van der Waals surface area (Å²) >= 11 is 0. The second-order valence-electron chi connectivity index (χ2n) is 9.48. The van der Waals surface area contributed by atoms with Crippen molar-refractivity contribution in [3.63, 3.8) is 0 Å². The van der Waals surface area contributed by atoms with Crippen molar-refractivity contribution in [3.05, 3.63) is 30.0 Å². The Kier molecular flexibility index (Phi) is 7.59. The Morgan fingerprint density at radius 3 is 2.53 bits per heavy atom. The maximum atomic E-state index is 11.6. The molecule has 4 rings (SSSR count). The Morgan fingerprint density at radius 2 is 1.91 bits per heavy atom. The first kappa shape index (κ1) is 23.8. The summed E-state index contributed by atoms with van der Waals surface area (Å²) in [5.41, 5.74) is 3.26. The molecule has 1 aromatic heterocycles. The quantitative estimate of drug-likeness (QED) is 0.641. The molecule has 0 saturated carbocycles. The van der Waals surface area contributed by atoms with Crippen LogP contribution in [0, 0.1) is 5.92 Å². The fourth-order valence-corrected chi connectivity index (χ4v) is 4.12. The summed E-state index contributed by atoms with van der Waals surface area (Å²) in [5.74, 6) is 1.01. The summed E-state index contributed by atoms with van der Waals surface area (Å²) in [6, 6.07) is 6.07. The predicted octanol–water partition coefficient (Wildman–Crippen LogP) is 4.46. The van der Waals surface area contributed by atoms with Crippen LogP contribution < -0.4 is 9.64 Å². The zero-order valence-electron chi connectivity index (χ0n) is 19.9. The zero-order valence-corrected chi connectivity index (χ0v) is 19.9. The average Bonchev–Trinajstić information content (AvgIpc) is 2.78. The molecule has 1 amide bonds. The molecule has 0 N–H and O–H groups in total. The second-order valence-corrected chi connectivity index (χ2v) is 9.48. The number of likely N-dealkylation sites (tertiary alicyclic amines) is 1. The molecule has 0 unspecified atom stereocenters. The molecule has 2 aliphatic heterocycles. The van der Waals surface area contributed by atoms with E-state index >= 15 is 0 Å². The molecule has 1 saturated heterocycles. The van der Waals surface area contributed by atoms with E-state index in [9.17, 15) is 9.59 Å². The first-order valence-corrected chi connectivity index (χ1v) is 11.3. The van der Waals surface area contributed by atoms with Gasteiger partial charge in [-0.15, -0.1) is 0 Å². The van der Waals surface area contributed by atoms with Crippen molar-refractivity contribution in [2.24, 2.45) is 5.92 Å². The molecule has 7 heteroatoms. The number of aldehydes is 1. The number of ether oxygens (including phenoxy) is 2. The number of methoxy groups -OCH3 is 1. The number of hydrogen-bond acceptors (Lipinski definition) is 6. The molecule has 0 aliphatic carbocycles. The van der Waals surface area contributed by atoms with Gasteiger partial charge < -0.3 is 24.1 Å². The molecule has 32 heavy (non-hydrogen) atoms. The zero-order chi connectivity index (χ0) is 23.3. The lowest BCUT2D eigenvalue weighted by Gasteiger charge is -2.31. The Hall–Kier alpha value is -2.83. The second kappa shape index (κ2) is 10.2. The van der Waals surface area contributed by atoms with Gasteiger partial charge in [0.15, 0.2) is 0 Å². The Bertz CT molecular complexity index is 941. The summed E-state index contributed by atoms with van der Waals surface area (Å²) in [6.45, 7) is 7.91. The van der Waals surface area contributed by atoms with Crippen LogP contribution in [0.4, 0.5) is 10.5 Å². The van der Waals surface area contributed by atoms with E-state index in [0.717, 1.165) is 43.4 Å². The van der Waals surface area contributed by atoms with Crippen molar-refractivity contribution >= 4 is 29.0 Å². The van der Waals surface area contributed by atoms with Gasteiger partial charge in [0, 0.05) is 44.2 Å². The topological polar surface area (TPSA) is 72.0 Å². The minimum Gasteiger partial charge on any atom is -0.497 e. The fraction of sp³-hybridized carbons (Fsp3) is 0.560. The van der Waals surface area contributed by atoms with Crippen LogP contribution in [-0.4, -0.2) is 61.7 Å². The highest BCUT2D eigenvalue weighted by atomic mass is 16.6. The van der Waals surface area contributed by atoms with Gasteiger partial charge in [-0.1, -0.05) is 0 Å². The molecule has 174 valence electrons. The molecule has 2 aromatic rings. The van der Waals surface area contributed by atoms with Gasteiger partial charge >= 0.3 is 6.09 Å². The number of carbonyl (C=O) groups is 2. The lowest BCUT2D eigenvalue weighted by Crippen LogP contribution is -2.41. The fourth-order valence-electron chi connectivity index (χ4n) is 4.12. The lowest BCUT2D eigenvalue weighted by atomic mass is 9.99. The van der Waals surface area contributed by atoms with Gasteiger partial charge in [0.1, 0.15) is 17.6 Å². The minimum absolute atomic E-state index is 0.115. The highest BCUT2D eigenvalue weighted by Gasteiger charge is 2.26. The average molecular weight is 442 g/mol. The summed E-state index contributed by atoms with van der Waals surface area (Å²) in [5, 5.41) is 1.20. The van der Waals surface area contributed by atoms with E-state index in [-0.39, 0.29) is 12.0 Å². The van der Waals surface area contributed by atoms with Crippen LogP contribution in [0.1, 0.15) is 45.6 Å². The van der Waals surface area contributed by atoms with Crippen molar-refractivity contribution in [2.75, 3.05) is 38.7 Å². The number of hydrogen-bond donors (Lipinski definition) is 0. The van der Waals surface area contributed by atoms with E-state index in [4.69, 9.17) is 9.47 Å². The highest BCUT2D eigenvalue weighted by Crippen LogP contribution is 2.34. The van der Waals surface area contributed by atoms with Gasteiger partial charge in [-0.05, 0) is 70.2 Å². The number of rotatable bonds is 2. The number of aromatic nitrogens is 1. The summed E-state index contributed by atoms with van der Waals surface area (Å²) < 4.78 is 10.5. The molecule has 1 aromatic carbocycles. The van der Waals surface area contributed by atoms with Crippen LogP contribution in [0.2, 0.25) is 0 Å². The number of nitrogens with zero attached hydrogens (tertiary/aromatic N) is 3. The third kappa shape index (κ3) is 5.90. The molecule has 1 fully saturated rings. The number of fused-ring (bicyclic) bond motifs is 3. The maximum absolute atomic E-state index is 11.6. The normalized spacial score (nSPS) is 16.7. The van der Waals surface area contributed by atoms with Gasteiger partial charge in [-0.3, -0.25) is 4.98 Å². The van der Waals surface area contributed by atoms with Crippen LogP contribution in [0.5, 0.6) is 5.75 Å². The van der Waals surface area contributed by atoms with Crippen LogP contribution in [-0.2, 0) is 16.0 Å². The predicted molar refractivity (Wildman–Crippen MR) is 126 cm³/mol. The molecule has 0 bridgehead atoms. The van der Waals surface area contributed by atoms with Crippen LogP contribution in [0.25, 0.3) is 10.9 Å². The Morgan fingerprint density at radius 1 is 1.19 bits per heavy atom. The number of carbonyl (C=O) groups excluding carboxylic acids is 2. The summed E-state index contributed by atoms with van der Waals surface area (Å²) in [7, 11) is 3.85. The molecular weight excluding hydrogens is 406 g/mol. The van der Waals surface area contributed by atoms with E-state index in [2.05, 4.69) is 23.0 Å². The van der Waals surface area contributed by atoms with Crippen LogP contribution in [0.15, 0.2) is 24.4 Å². The van der Waals surface area contributed by atoms with Crippen LogP contribution >= 0.6 is 0 Å². The highest BCUT2D eigenvalue weighted by molar-refractivity contribution is 5.94. The smallest absolute Gasteiger partial charge is 0.410 e. The molecule has 0 atom stereocenters. The molecule has 0 spiro atoms. The third-order valence-electron chi connectivity index (χ3n) is 5.83. The van der Waals surface area contributed by atoms with Gasteiger partial charge in [0.2, 0.25) is 0 Å². The molecule has 2 aliphatic rings. The van der Waals surface area contributed by atoms with Gasteiger partial charge in [0.05, 0.1) is 18.3 Å². The molecule has 0 radical (unpaired) electrons. The van der Waals surface area contributed by atoms with Crippen molar-refractivity contribution in [3.8, 4) is 5.75 Å². The SMILES string of the molecule is CC(C)(C)OC(=O)N1CCC(C=O)CC1.COc1ccc2ncc3c(c2c1)N(C)CCC3. The van der Waals surface area contributed by atoms with E-state index in [1.165, 1.54) is 23.1 Å². The van der Waals surface area contributed by atoms with E-state index in [1.54, 1.807) is 12.0 Å². The van der Waals surface area contributed by atoms with Crippen molar-refractivity contribution in [1.82, 2.24) is 9.88 Å². The Labute approximate surface area is 190 Å². The van der Waals surface area contributed by atoms with E-state index < -0.39 is 5.60 Å². The number of anilines is 1. The molecule has 3 heterocycles. The van der Waals surface area contributed by atoms with Gasteiger partial charge in [0.25, 0.3) is 0 Å². The molecule has 7 nitrogen and oxygen atoms in total. The first-order valence-electron chi connectivity index (χ1n) is 11.3. The van der Waals surface area contributed by atoms with Gasteiger partial charge in [-0.2, -0.15) is 0 Å². The van der Waals surface area contributed by atoms with E-state index in [0.29, 0.717) is 13.1 Å². The van der Waals surface area contributed by atoms with Crippen molar-refractivity contribution in [1.29, 1.82) is 0 Å². The third-order valence-corrected chi connectivity index (χ3v) is 5.83. The van der Waals surface area contributed by atoms with Crippen molar-refractivity contribution in [2.45, 2.75) is 52.1 Å². The molecular formula is C25H35N3O4. The minimum atomic E-state index is -0.446. The number of pyridine rings is 1.